The molecule has 6 nitrogen and oxygen atoms in total. The van der Waals surface area contributed by atoms with Crippen LogP contribution in [0.25, 0.3) is 6.08 Å². The molecule has 184 valence electrons. The van der Waals surface area contributed by atoms with Crippen molar-refractivity contribution in [3.8, 4) is 5.75 Å². The third kappa shape index (κ3) is 6.26. The number of hydrogen-bond donors (Lipinski definition) is 0. The van der Waals surface area contributed by atoms with Crippen LogP contribution in [-0.4, -0.2) is 22.2 Å². The van der Waals surface area contributed by atoms with Crippen molar-refractivity contribution < 1.29 is 13.9 Å². The van der Waals surface area contributed by atoms with Gasteiger partial charge in [0.2, 0.25) is 0 Å². The van der Waals surface area contributed by atoms with E-state index in [-0.39, 0.29) is 12.5 Å². The first-order valence-corrected chi connectivity index (χ1v) is 12.6. The van der Waals surface area contributed by atoms with E-state index in [4.69, 9.17) is 9.15 Å². The van der Waals surface area contributed by atoms with Gasteiger partial charge in [-0.25, -0.2) is 0 Å². The quantitative estimate of drug-likeness (QED) is 0.152. The highest BCUT2D eigenvalue weighted by molar-refractivity contribution is 8.18. The van der Waals surface area contributed by atoms with Gasteiger partial charge in [-0.1, -0.05) is 66.7 Å². The molecule has 37 heavy (non-hydrogen) atoms. The second kappa shape index (κ2) is 11.6. The van der Waals surface area contributed by atoms with Crippen LogP contribution in [0.1, 0.15) is 28.0 Å². The summed E-state index contributed by atoms with van der Waals surface area (Å²) in [5.74, 6) is 1.29. The molecule has 1 aliphatic heterocycles. The second-order valence-corrected chi connectivity index (χ2v) is 9.42. The summed E-state index contributed by atoms with van der Waals surface area (Å²) >= 11 is 1.30. The number of rotatable bonds is 8. The third-order valence-corrected chi connectivity index (χ3v) is 6.71. The van der Waals surface area contributed by atoms with Crippen LogP contribution in [0.4, 0.5) is 0 Å². The maximum atomic E-state index is 13.3. The highest BCUT2D eigenvalue weighted by Gasteiger charge is 2.34. The first kappa shape index (κ1) is 24.3. The predicted octanol–water partition coefficient (Wildman–Crippen LogP) is 6.67. The topological polar surface area (TPSA) is 67.4 Å². The standard InChI is InChI=1S/C30H25N3O3S/c1-22-9-5-6-13-25(22)18-28-29(34)33(20-27-15-8-16-35-27)30(37-28)32-31-19-24-12-7-14-26(17-24)36-21-23-10-3-2-4-11-23/h2-19H,20-21H2,1H3/b28-18-,31-19+,32-30-. The average molecular weight is 508 g/mol. The molecule has 3 aromatic carbocycles. The van der Waals surface area contributed by atoms with Crippen molar-refractivity contribution in [3.05, 3.63) is 130 Å². The monoisotopic (exact) mass is 507 g/mol. The highest BCUT2D eigenvalue weighted by atomic mass is 32.2. The van der Waals surface area contributed by atoms with Crippen LogP contribution in [0.3, 0.4) is 0 Å². The Bertz CT molecular complexity index is 1460. The van der Waals surface area contributed by atoms with E-state index < -0.39 is 0 Å². The fraction of sp³-hybridized carbons (Fsp3) is 0.100. The van der Waals surface area contributed by atoms with Gasteiger partial charge in [0, 0.05) is 0 Å². The number of ether oxygens (including phenoxy) is 1. The summed E-state index contributed by atoms with van der Waals surface area (Å²) in [5, 5.41) is 9.18. The molecule has 1 saturated heterocycles. The van der Waals surface area contributed by atoms with E-state index in [1.807, 2.05) is 97.9 Å². The van der Waals surface area contributed by atoms with Crippen LogP contribution in [-0.2, 0) is 17.9 Å². The fourth-order valence-corrected chi connectivity index (χ4v) is 4.67. The van der Waals surface area contributed by atoms with Crippen LogP contribution < -0.4 is 4.74 Å². The van der Waals surface area contributed by atoms with E-state index >= 15 is 0 Å². The molecule has 0 saturated carbocycles. The molecule has 0 aliphatic carbocycles. The molecule has 0 spiro atoms. The molecular formula is C30H25N3O3S. The number of carbonyl (C=O) groups is 1. The summed E-state index contributed by atoms with van der Waals surface area (Å²) in [6, 6.07) is 29.3. The first-order valence-electron chi connectivity index (χ1n) is 11.8. The molecule has 1 aliphatic rings. The summed E-state index contributed by atoms with van der Waals surface area (Å²) < 4.78 is 11.4. The van der Waals surface area contributed by atoms with E-state index in [9.17, 15) is 4.79 Å². The maximum Gasteiger partial charge on any atom is 0.267 e. The predicted molar refractivity (Wildman–Crippen MR) is 148 cm³/mol. The summed E-state index contributed by atoms with van der Waals surface area (Å²) in [6.07, 6.45) is 5.15. The average Bonchev–Trinajstić information content (AvgIpc) is 3.54. The Hall–Kier alpha value is -4.36. The number of carbonyl (C=O) groups excluding carboxylic acids is 1. The van der Waals surface area contributed by atoms with Gasteiger partial charge in [-0.15, -0.1) is 5.10 Å². The van der Waals surface area contributed by atoms with Gasteiger partial charge >= 0.3 is 0 Å². The smallest absolute Gasteiger partial charge is 0.267 e. The first-order chi connectivity index (χ1) is 18.2. The van der Waals surface area contributed by atoms with E-state index in [0.717, 1.165) is 28.0 Å². The number of furan rings is 1. The van der Waals surface area contributed by atoms with Gasteiger partial charge < -0.3 is 9.15 Å². The molecule has 5 rings (SSSR count). The van der Waals surface area contributed by atoms with E-state index in [0.29, 0.717) is 22.4 Å². The molecule has 2 heterocycles. The lowest BCUT2D eigenvalue weighted by molar-refractivity contribution is -0.122. The zero-order valence-electron chi connectivity index (χ0n) is 20.3. The lowest BCUT2D eigenvalue weighted by atomic mass is 10.1. The van der Waals surface area contributed by atoms with E-state index in [1.54, 1.807) is 23.4 Å². The zero-order chi connectivity index (χ0) is 25.5. The molecule has 0 radical (unpaired) electrons. The molecule has 0 unspecified atom stereocenters. The molecule has 1 amide bonds. The minimum absolute atomic E-state index is 0.130. The SMILES string of the molecule is Cc1ccccc1/C=C1\S/C(=N\N=C\c2cccc(OCc3ccccc3)c2)N(Cc2ccco2)C1=O. The van der Waals surface area contributed by atoms with Gasteiger partial charge in [0.25, 0.3) is 5.91 Å². The Balaban J connectivity index is 1.34. The summed E-state index contributed by atoms with van der Waals surface area (Å²) in [7, 11) is 0. The number of thioether (sulfide) groups is 1. The third-order valence-electron chi connectivity index (χ3n) is 5.71. The fourth-order valence-electron chi connectivity index (χ4n) is 3.74. The Morgan fingerprint density at radius 3 is 2.62 bits per heavy atom. The van der Waals surface area contributed by atoms with Gasteiger partial charge in [-0.3, -0.25) is 9.69 Å². The molecule has 0 atom stereocenters. The minimum Gasteiger partial charge on any atom is -0.489 e. The Labute approximate surface area is 220 Å². The van der Waals surface area contributed by atoms with Crippen LogP contribution >= 0.6 is 11.8 Å². The summed E-state index contributed by atoms with van der Waals surface area (Å²) in [4.78, 5) is 15.4. The normalized spacial score (nSPS) is 15.8. The Kier molecular flexibility index (Phi) is 7.62. The Morgan fingerprint density at radius 2 is 1.81 bits per heavy atom. The van der Waals surface area contributed by atoms with Gasteiger partial charge in [0.05, 0.1) is 23.9 Å². The van der Waals surface area contributed by atoms with Crippen molar-refractivity contribution in [3.63, 3.8) is 0 Å². The van der Waals surface area contributed by atoms with Gasteiger partial charge in [0.1, 0.15) is 18.1 Å². The molecule has 0 bridgehead atoms. The van der Waals surface area contributed by atoms with Crippen molar-refractivity contribution in [2.75, 3.05) is 0 Å². The van der Waals surface area contributed by atoms with Crippen molar-refractivity contribution in [1.82, 2.24) is 4.90 Å². The molecule has 7 heteroatoms. The molecular weight excluding hydrogens is 482 g/mol. The van der Waals surface area contributed by atoms with Crippen LogP contribution in [0.2, 0.25) is 0 Å². The van der Waals surface area contributed by atoms with Gasteiger partial charge in [-0.2, -0.15) is 5.10 Å². The van der Waals surface area contributed by atoms with Gasteiger partial charge in [-0.05, 0) is 71.3 Å². The number of benzene rings is 3. The number of amides is 1. The molecule has 0 N–H and O–H groups in total. The summed E-state index contributed by atoms with van der Waals surface area (Å²) in [5.41, 5.74) is 4.03. The van der Waals surface area contributed by atoms with Gasteiger partial charge in [0.15, 0.2) is 5.17 Å². The van der Waals surface area contributed by atoms with Crippen molar-refractivity contribution >= 4 is 35.1 Å². The number of hydrogen-bond acceptors (Lipinski definition) is 6. The molecule has 4 aromatic rings. The van der Waals surface area contributed by atoms with E-state index in [2.05, 4.69) is 10.2 Å². The number of aryl methyl sites for hydroxylation is 1. The van der Waals surface area contributed by atoms with Crippen LogP contribution in [0.15, 0.2) is 117 Å². The number of amidine groups is 1. The maximum absolute atomic E-state index is 13.3. The molecule has 1 aromatic heterocycles. The Morgan fingerprint density at radius 1 is 0.973 bits per heavy atom. The van der Waals surface area contributed by atoms with Crippen LogP contribution in [0.5, 0.6) is 5.75 Å². The summed E-state index contributed by atoms with van der Waals surface area (Å²) in [6.45, 7) is 2.79. The van der Waals surface area contributed by atoms with Crippen LogP contribution in [0, 0.1) is 6.92 Å². The largest absolute Gasteiger partial charge is 0.489 e. The van der Waals surface area contributed by atoms with Crippen molar-refractivity contribution in [2.24, 2.45) is 10.2 Å². The number of nitrogens with zero attached hydrogens (tertiary/aromatic N) is 3. The minimum atomic E-state index is -0.130. The highest BCUT2D eigenvalue weighted by Crippen LogP contribution is 2.34. The molecule has 1 fully saturated rings. The van der Waals surface area contributed by atoms with Crippen molar-refractivity contribution in [1.29, 1.82) is 0 Å². The second-order valence-electron chi connectivity index (χ2n) is 8.41. The zero-order valence-corrected chi connectivity index (χ0v) is 21.1. The lowest BCUT2D eigenvalue weighted by Crippen LogP contribution is -2.28. The lowest BCUT2D eigenvalue weighted by Gasteiger charge is -2.12. The van der Waals surface area contributed by atoms with Crippen molar-refractivity contribution in [2.45, 2.75) is 20.1 Å². The van der Waals surface area contributed by atoms with E-state index in [1.165, 1.54) is 11.8 Å².